The molecule has 2 heterocycles. The van der Waals surface area contributed by atoms with Gasteiger partial charge in [-0.2, -0.15) is 13.1 Å². The maximum absolute atomic E-state index is 13.7. The molecule has 2 aromatic carbocycles. The fourth-order valence-electron chi connectivity index (χ4n) is 4.59. The number of sulfonamides is 1. The fraction of sp³-hybridized carbons (Fsp3) is 0.379. The summed E-state index contributed by atoms with van der Waals surface area (Å²) in [7, 11) is -4.13. The summed E-state index contributed by atoms with van der Waals surface area (Å²) in [5.41, 5.74) is 1.18. The van der Waals surface area contributed by atoms with Gasteiger partial charge in [-0.25, -0.2) is 13.2 Å². The van der Waals surface area contributed by atoms with E-state index in [2.05, 4.69) is 9.72 Å². The van der Waals surface area contributed by atoms with Gasteiger partial charge in [0.15, 0.2) is 16.9 Å². The number of hydrogen-bond acceptors (Lipinski definition) is 9. The number of aliphatic hydroxyl groups is 1. The molecule has 1 saturated carbocycles. The molecule has 44 heavy (non-hydrogen) atoms. The van der Waals surface area contributed by atoms with Crippen LogP contribution >= 0.6 is 35.0 Å². The van der Waals surface area contributed by atoms with Crippen LogP contribution in [0.5, 0.6) is 11.5 Å². The maximum atomic E-state index is 13.7. The van der Waals surface area contributed by atoms with Gasteiger partial charge < -0.3 is 19.3 Å². The van der Waals surface area contributed by atoms with E-state index in [9.17, 15) is 27.1 Å². The lowest BCUT2D eigenvalue weighted by atomic mass is 10.0. The van der Waals surface area contributed by atoms with Crippen molar-refractivity contribution in [1.82, 2.24) is 9.29 Å². The molecule has 9 nitrogen and oxygen atoms in total. The number of esters is 1. The van der Waals surface area contributed by atoms with E-state index >= 15 is 0 Å². The Hall–Kier alpha value is -2.68. The molecule has 0 bridgehead atoms. The van der Waals surface area contributed by atoms with Crippen LogP contribution in [0.1, 0.15) is 35.6 Å². The van der Waals surface area contributed by atoms with Gasteiger partial charge in [0.05, 0.1) is 28.2 Å². The molecule has 1 saturated heterocycles. The van der Waals surface area contributed by atoms with E-state index in [4.69, 9.17) is 32.7 Å². The summed E-state index contributed by atoms with van der Waals surface area (Å²) in [5.74, 6) is -0.320. The Morgan fingerprint density at radius 3 is 2.55 bits per heavy atom. The number of hydrogen-bond donors (Lipinski definition) is 1. The lowest BCUT2D eigenvalue weighted by Gasteiger charge is -2.26. The molecule has 0 amide bonds. The Balaban J connectivity index is 1.46. The van der Waals surface area contributed by atoms with Gasteiger partial charge in [0.2, 0.25) is 10.0 Å². The number of carbonyl (C=O) groups excluding carboxylic acids is 1. The molecule has 1 aliphatic heterocycles. The first kappa shape index (κ1) is 32.7. The molecule has 3 aromatic rings. The van der Waals surface area contributed by atoms with E-state index in [1.54, 1.807) is 6.07 Å². The lowest BCUT2D eigenvalue weighted by Crippen LogP contribution is -2.40. The van der Waals surface area contributed by atoms with Crippen molar-refractivity contribution in [3.8, 4) is 11.5 Å². The third-order valence-electron chi connectivity index (χ3n) is 7.07. The maximum Gasteiger partial charge on any atom is 0.387 e. The van der Waals surface area contributed by atoms with Crippen molar-refractivity contribution < 1.29 is 41.3 Å². The van der Waals surface area contributed by atoms with Crippen LogP contribution in [0.15, 0.2) is 59.8 Å². The van der Waals surface area contributed by atoms with Gasteiger partial charge in [0.1, 0.15) is 6.10 Å². The highest BCUT2D eigenvalue weighted by molar-refractivity contribution is 8.02. The number of pyridine rings is 1. The van der Waals surface area contributed by atoms with E-state index in [0.29, 0.717) is 35.0 Å². The summed E-state index contributed by atoms with van der Waals surface area (Å²) < 4.78 is 70.9. The minimum Gasteiger partial charge on any atom is -0.489 e. The van der Waals surface area contributed by atoms with Crippen LogP contribution in [0.2, 0.25) is 10.0 Å². The molecule has 236 valence electrons. The minimum atomic E-state index is -4.13. The number of benzene rings is 2. The van der Waals surface area contributed by atoms with Crippen molar-refractivity contribution >= 4 is 51.0 Å². The molecule has 1 N–H and O–H groups in total. The molecule has 1 aliphatic carbocycles. The van der Waals surface area contributed by atoms with Crippen LogP contribution in [0.4, 0.5) is 8.78 Å². The Morgan fingerprint density at radius 2 is 1.86 bits per heavy atom. The zero-order valence-electron chi connectivity index (χ0n) is 23.1. The number of aromatic nitrogens is 1. The van der Waals surface area contributed by atoms with Gasteiger partial charge in [-0.1, -0.05) is 41.4 Å². The van der Waals surface area contributed by atoms with Crippen LogP contribution in [-0.2, 0) is 32.6 Å². The quantitative estimate of drug-likeness (QED) is 0.221. The molecule has 2 fully saturated rings. The second-order valence-electron chi connectivity index (χ2n) is 10.2. The second-order valence-corrected chi connectivity index (χ2v) is 14.1. The average Bonchev–Trinajstić information content (AvgIpc) is 3.69. The van der Waals surface area contributed by atoms with Crippen molar-refractivity contribution in [2.45, 2.75) is 48.9 Å². The molecule has 15 heteroatoms. The van der Waals surface area contributed by atoms with Gasteiger partial charge in [0, 0.05) is 31.1 Å². The number of carbonyl (C=O) groups is 1. The van der Waals surface area contributed by atoms with E-state index in [0.717, 1.165) is 28.9 Å². The number of halogens is 4. The molecule has 5 rings (SSSR count). The molecular weight excluding hydrogens is 661 g/mol. The Kier molecular flexibility index (Phi) is 10.5. The summed E-state index contributed by atoms with van der Waals surface area (Å²) in [4.78, 5) is 17.6. The van der Waals surface area contributed by atoms with E-state index < -0.39 is 34.1 Å². The van der Waals surface area contributed by atoms with E-state index in [1.807, 2.05) is 0 Å². The highest BCUT2D eigenvalue weighted by Gasteiger charge is 2.42. The molecule has 2 aliphatic rings. The van der Waals surface area contributed by atoms with Crippen molar-refractivity contribution in [2.75, 3.05) is 18.9 Å². The topological polar surface area (TPSA) is 115 Å². The first-order valence-electron chi connectivity index (χ1n) is 13.6. The number of thioether (sulfide) groups is 1. The first-order chi connectivity index (χ1) is 21.1. The largest absolute Gasteiger partial charge is 0.489 e. The fourth-order valence-corrected chi connectivity index (χ4v) is 8.23. The zero-order chi connectivity index (χ0) is 31.4. The Morgan fingerprint density at radius 1 is 1.11 bits per heavy atom. The summed E-state index contributed by atoms with van der Waals surface area (Å²) in [6.07, 6.45) is 3.58. The van der Waals surface area contributed by atoms with Crippen LogP contribution < -0.4 is 9.47 Å². The van der Waals surface area contributed by atoms with Gasteiger partial charge in [-0.15, -0.1) is 11.8 Å². The van der Waals surface area contributed by atoms with E-state index in [1.165, 1.54) is 48.8 Å². The lowest BCUT2D eigenvalue weighted by molar-refractivity contribution is -0.150. The smallest absolute Gasteiger partial charge is 0.387 e. The molecule has 0 radical (unpaired) electrons. The number of ether oxygens (including phenoxy) is 3. The Bertz CT molecular complexity index is 1590. The van der Waals surface area contributed by atoms with Gasteiger partial charge in [0.25, 0.3) is 0 Å². The molecule has 2 atom stereocenters. The summed E-state index contributed by atoms with van der Waals surface area (Å²) in [6, 6.07) is 10.1. The van der Waals surface area contributed by atoms with Gasteiger partial charge in [-0.3, -0.25) is 4.98 Å². The zero-order valence-corrected chi connectivity index (χ0v) is 26.2. The van der Waals surface area contributed by atoms with Crippen LogP contribution in [0.25, 0.3) is 0 Å². The Labute approximate surface area is 267 Å². The monoisotopic (exact) mass is 688 g/mol. The van der Waals surface area contributed by atoms with Gasteiger partial charge >= 0.3 is 12.6 Å². The predicted molar refractivity (Wildman–Crippen MR) is 161 cm³/mol. The molecule has 2 unspecified atom stereocenters. The highest BCUT2D eigenvalue weighted by Crippen LogP contribution is 2.39. The summed E-state index contributed by atoms with van der Waals surface area (Å²) >= 11 is 13.9. The summed E-state index contributed by atoms with van der Waals surface area (Å²) in [5, 5.41) is 8.69. The number of aliphatic hydroxyl groups excluding tert-OH is 1. The third kappa shape index (κ3) is 7.75. The van der Waals surface area contributed by atoms with Crippen LogP contribution in [-0.4, -0.2) is 59.7 Å². The highest BCUT2D eigenvalue weighted by atomic mass is 35.5. The van der Waals surface area contributed by atoms with Gasteiger partial charge in [-0.05, 0) is 59.7 Å². The molecule has 1 aromatic heterocycles. The van der Waals surface area contributed by atoms with E-state index in [-0.39, 0.29) is 46.0 Å². The summed E-state index contributed by atoms with van der Waals surface area (Å²) in [6.45, 7) is -3.07. The van der Waals surface area contributed by atoms with Crippen LogP contribution in [0, 0.1) is 5.92 Å². The third-order valence-corrected chi connectivity index (χ3v) is 10.9. The molecular formula is C29H28Cl2F2N2O7S2. The van der Waals surface area contributed by atoms with Crippen molar-refractivity contribution in [2.24, 2.45) is 5.92 Å². The SMILES string of the molecule is O=C(OC(Cc1c(Cl)cncc1Cl)c1ccc(OC(F)F)c(OCC2CC2)c1)C1SCCN1S(=O)(=O)c1cccc(CO)c1. The number of nitrogens with zero attached hydrogens (tertiary/aromatic N) is 2. The minimum absolute atomic E-state index is 0.0360. The van der Waals surface area contributed by atoms with Crippen LogP contribution in [0.3, 0.4) is 0 Å². The molecule has 0 spiro atoms. The number of rotatable bonds is 13. The predicted octanol–water partition coefficient (Wildman–Crippen LogP) is 5.86. The normalized spacial score (nSPS) is 17.9. The number of alkyl halides is 2. The first-order valence-corrected chi connectivity index (χ1v) is 16.8. The standard InChI is InChI=1S/C29H28Cl2F2N2O7S2/c30-22-13-34-14-23(31)21(22)12-25(19-6-7-24(42-29(32)33)26(11-19)40-16-17-4-5-17)41-28(37)27-35(8-9-43-27)44(38,39)20-3-1-2-18(10-20)15-36/h1-3,6-7,10-11,13-14,17,25,27,29,36H,4-5,8-9,12,15-16H2. The second kappa shape index (κ2) is 14.2. The van der Waals surface area contributed by atoms with Crippen molar-refractivity contribution in [3.05, 3.63) is 81.6 Å². The van der Waals surface area contributed by atoms with Crippen molar-refractivity contribution in [3.63, 3.8) is 0 Å². The average molecular weight is 690 g/mol. The van der Waals surface area contributed by atoms with Crippen molar-refractivity contribution in [1.29, 1.82) is 0 Å².